The summed E-state index contributed by atoms with van der Waals surface area (Å²) in [6.45, 7) is 11.6. The Morgan fingerprint density at radius 2 is 1.83 bits per heavy atom. The van der Waals surface area contributed by atoms with Crippen LogP contribution in [0.2, 0.25) is 0 Å². The quantitative estimate of drug-likeness (QED) is 0.340. The van der Waals surface area contributed by atoms with Crippen molar-refractivity contribution in [2.24, 2.45) is 0 Å². The molecule has 3 nitrogen and oxygen atoms in total. The summed E-state index contributed by atoms with van der Waals surface area (Å²) in [7, 11) is 0. The monoisotopic (exact) mass is 255 g/mol. The van der Waals surface area contributed by atoms with Crippen LogP contribution in [-0.4, -0.2) is 37.1 Å². The van der Waals surface area contributed by atoms with Crippen molar-refractivity contribution in [2.75, 3.05) is 26.2 Å². The van der Waals surface area contributed by atoms with Crippen molar-refractivity contribution in [1.29, 1.82) is 0 Å². The van der Waals surface area contributed by atoms with Gasteiger partial charge in [-0.2, -0.15) is 0 Å². The van der Waals surface area contributed by atoms with Gasteiger partial charge in [0.1, 0.15) is 6.61 Å². The van der Waals surface area contributed by atoms with E-state index in [9.17, 15) is 4.79 Å². The van der Waals surface area contributed by atoms with Crippen LogP contribution in [0.3, 0.4) is 0 Å². The van der Waals surface area contributed by atoms with Gasteiger partial charge < -0.3 is 9.64 Å². The normalized spacial score (nSPS) is 11.9. The van der Waals surface area contributed by atoms with Crippen molar-refractivity contribution in [3.8, 4) is 0 Å². The summed E-state index contributed by atoms with van der Waals surface area (Å²) in [5, 5.41) is 0. The predicted molar refractivity (Wildman–Crippen MR) is 76.6 cm³/mol. The van der Waals surface area contributed by atoms with Gasteiger partial charge >= 0.3 is 5.97 Å². The lowest BCUT2D eigenvalue weighted by Crippen LogP contribution is -2.28. The van der Waals surface area contributed by atoms with Crippen LogP contribution in [0.15, 0.2) is 11.6 Å². The summed E-state index contributed by atoms with van der Waals surface area (Å²) in [6.07, 6.45) is 6.56. The fraction of sp³-hybridized carbons (Fsp3) is 0.800. The zero-order chi connectivity index (χ0) is 13.8. The SMILES string of the molecule is CCCCCC=C(C)C(=O)OCCN(CC)CC. The number of allylic oxidation sites excluding steroid dienone is 1. The van der Waals surface area contributed by atoms with Crippen LogP contribution in [0, 0.1) is 0 Å². The van der Waals surface area contributed by atoms with Crippen molar-refractivity contribution in [3.05, 3.63) is 11.6 Å². The van der Waals surface area contributed by atoms with E-state index in [1.165, 1.54) is 12.8 Å². The highest BCUT2D eigenvalue weighted by Crippen LogP contribution is 2.04. The summed E-state index contributed by atoms with van der Waals surface area (Å²) in [5.41, 5.74) is 0.741. The molecule has 18 heavy (non-hydrogen) atoms. The van der Waals surface area contributed by atoms with Crippen LogP contribution in [0.25, 0.3) is 0 Å². The van der Waals surface area contributed by atoms with E-state index in [2.05, 4.69) is 25.7 Å². The molecule has 106 valence electrons. The molecule has 0 saturated carbocycles. The van der Waals surface area contributed by atoms with Gasteiger partial charge in [0.25, 0.3) is 0 Å². The number of carbonyl (C=O) groups is 1. The molecule has 0 aliphatic heterocycles. The minimum atomic E-state index is -0.168. The standard InChI is InChI=1S/C15H29NO2/c1-5-8-9-10-11-14(4)15(17)18-13-12-16(6-2)7-3/h11H,5-10,12-13H2,1-4H3. The van der Waals surface area contributed by atoms with E-state index in [0.717, 1.165) is 38.0 Å². The van der Waals surface area contributed by atoms with Crippen LogP contribution < -0.4 is 0 Å². The number of likely N-dealkylation sites (N-methyl/N-ethyl adjacent to an activating group) is 1. The van der Waals surface area contributed by atoms with E-state index in [1.807, 2.05) is 13.0 Å². The Balaban J connectivity index is 3.79. The Bertz CT molecular complexity index is 245. The van der Waals surface area contributed by atoms with E-state index in [4.69, 9.17) is 4.74 Å². The summed E-state index contributed by atoms with van der Waals surface area (Å²) < 4.78 is 5.25. The van der Waals surface area contributed by atoms with Gasteiger partial charge in [0.15, 0.2) is 0 Å². The minimum absolute atomic E-state index is 0.168. The third-order valence-electron chi connectivity index (χ3n) is 3.12. The lowest BCUT2D eigenvalue weighted by Gasteiger charge is -2.17. The second kappa shape index (κ2) is 11.3. The van der Waals surface area contributed by atoms with Gasteiger partial charge in [-0.05, 0) is 32.9 Å². The van der Waals surface area contributed by atoms with E-state index >= 15 is 0 Å². The molecule has 3 heteroatoms. The molecular formula is C15H29NO2. The van der Waals surface area contributed by atoms with E-state index < -0.39 is 0 Å². The third kappa shape index (κ3) is 8.29. The second-order valence-electron chi connectivity index (χ2n) is 4.55. The molecule has 0 heterocycles. The largest absolute Gasteiger partial charge is 0.461 e. The zero-order valence-corrected chi connectivity index (χ0v) is 12.5. The highest BCUT2D eigenvalue weighted by Gasteiger charge is 2.06. The molecule has 0 aliphatic carbocycles. The van der Waals surface area contributed by atoms with Gasteiger partial charge in [-0.25, -0.2) is 4.79 Å². The molecule has 0 aromatic carbocycles. The maximum Gasteiger partial charge on any atom is 0.333 e. The highest BCUT2D eigenvalue weighted by molar-refractivity contribution is 5.87. The molecule has 0 N–H and O–H groups in total. The topological polar surface area (TPSA) is 29.5 Å². The maximum absolute atomic E-state index is 11.7. The van der Waals surface area contributed by atoms with Gasteiger partial charge in [-0.1, -0.05) is 39.7 Å². The van der Waals surface area contributed by atoms with Gasteiger partial charge in [0.2, 0.25) is 0 Å². The number of hydrogen-bond acceptors (Lipinski definition) is 3. The Labute approximate surface area is 112 Å². The first-order valence-corrected chi connectivity index (χ1v) is 7.21. The molecule has 0 bridgehead atoms. The van der Waals surface area contributed by atoms with E-state index in [0.29, 0.717) is 6.61 Å². The smallest absolute Gasteiger partial charge is 0.333 e. The number of hydrogen-bond donors (Lipinski definition) is 0. The number of ether oxygens (including phenoxy) is 1. The molecule has 0 aromatic rings. The Morgan fingerprint density at radius 3 is 2.39 bits per heavy atom. The number of unbranched alkanes of at least 4 members (excludes halogenated alkanes) is 3. The Hall–Kier alpha value is -0.830. The van der Waals surface area contributed by atoms with Gasteiger partial charge in [0, 0.05) is 12.1 Å². The van der Waals surface area contributed by atoms with Crippen molar-refractivity contribution in [2.45, 2.75) is 53.4 Å². The van der Waals surface area contributed by atoms with Crippen LogP contribution in [-0.2, 0) is 9.53 Å². The average molecular weight is 255 g/mol. The highest BCUT2D eigenvalue weighted by atomic mass is 16.5. The van der Waals surface area contributed by atoms with Crippen molar-refractivity contribution in [1.82, 2.24) is 4.90 Å². The first-order valence-electron chi connectivity index (χ1n) is 7.21. The minimum Gasteiger partial charge on any atom is -0.461 e. The Morgan fingerprint density at radius 1 is 1.17 bits per heavy atom. The van der Waals surface area contributed by atoms with Gasteiger partial charge in [0.05, 0.1) is 0 Å². The summed E-state index contributed by atoms with van der Waals surface area (Å²) in [5.74, 6) is -0.168. The molecule has 0 rings (SSSR count). The number of nitrogens with zero attached hydrogens (tertiary/aromatic N) is 1. The van der Waals surface area contributed by atoms with Crippen molar-refractivity contribution < 1.29 is 9.53 Å². The van der Waals surface area contributed by atoms with Gasteiger partial charge in [-0.3, -0.25) is 0 Å². The lowest BCUT2D eigenvalue weighted by molar-refractivity contribution is -0.139. The number of esters is 1. The maximum atomic E-state index is 11.7. The molecule has 0 saturated heterocycles. The van der Waals surface area contributed by atoms with Gasteiger partial charge in [-0.15, -0.1) is 0 Å². The second-order valence-corrected chi connectivity index (χ2v) is 4.55. The lowest BCUT2D eigenvalue weighted by atomic mass is 10.1. The summed E-state index contributed by atoms with van der Waals surface area (Å²) >= 11 is 0. The van der Waals surface area contributed by atoms with E-state index in [-0.39, 0.29) is 5.97 Å². The van der Waals surface area contributed by atoms with Crippen molar-refractivity contribution >= 4 is 5.97 Å². The van der Waals surface area contributed by atoms with Crippen LogP contribution in [0.5, 0.6) is 0 Å². The fourth-order valence-corrected chi connectivity index (χ4v) is 1.72. The molecule has 0 fully saturated rings. The number of carbonyl (C=O) groups excluding carboxylic acids is 1. The third-order valence-corrected chi connectivity index (χ3v) is 3.12. The van der Waals surface area contributed by atoms with E-state index in [1.54, 1.807) is 0 Å². The first kappa shape index (κ1) is 17.2. The average Bonchev–Trinajstić information content (AvgIpc) is 2.39. The predicted octanol–water partition coefficient (Wildman–Crippen LogP) is 3.40. The first-order chi connectivity index (χ1) is 8.65. The van der Waals surface area contributed by atoms with Crippen molar-refractivity contribution in [3.63, 3.8) is 0 Å². The molecule has 0 spiro atoms. The molecular weight excluding hydrogens is 226 g/mol. The molecule has 0 aliphatic rings. The van der Waals surface area contributed by atoms with Crippen LogP contribution in [0.4, 0.5) is 0 Å². The number of rotatable bonds is 10. The molecule has 0 aromatic heterocycles. The molecule has 0 amide bonds. The molecule has 0 atom stereocenters. The van der Waals surface area contributed by atoms with Crippen LogP contribution in [0.1, 0.15) is 53.4 Å². The van der Waals surface area contributed by atoms with Crippen LogP contribution >= 0.6 is 0 Å². The zero-order valence-electron chi connectivity index (χ0n) is 12.5. The molecule has 0 unspecified atom stereocenters. The fourth-order valence-electron chi connectivity index (χ4n) is 1.72. The Kier molecular flexibility index (Phi) is 10.8. The summed E-state index contributed by atoms with van der Waals surface area (Å²) in [6, 6.07) is 0. The molecule has 0 radical (unpaired) electrons. The summed E-state index contributed by atoms with van der Waals surface area (Å²) in [4.78, 5) is 13.9.